The first-order valence-electron chi connectivity index (χ1n) is 10.2. The number of nitrogens with zero attached hydrogens (tertiary/aromatic N) is 1. The molecule has 2 N–H and O–H groups in total. The Balaban J connectivity index is 2.00. The van der Waals surface area contributed by atoms with Gasteiger partial charge in [-0.15, -0.1) is 0 Å². The smallest absolute Gasteiger partial charge is 0.372 e. The van der Waals surface area contributed by atoms with E-state index < -0.39 is 35.1 Å². The first-order chi connectivity index (χ1) is 14.6. The maximum absolute atomic E-state index is 13.1. The molecule has 5 nitrogen and oxygen atoms in total. The Bertz CT molecular complexity index is 754. The van der Waals surface area contributed by atoms with Gasteiger partial charge < -0.3 is 20.3 Å². The third-order valence-corrected chi connectivity index (χ3v) is 5.38. The quantitative estimate of drug-likeness (QED) is 0.593. The first-order valence-corrected chi connectivity index (χ1v) is 10.2. The molecule has 0 aromatic heterocycles. The molecule has 1 amide bonds. The van der Waals surface area contributed by atoms with E-state index in [-0.39, 0.29) is 36.7 Å². The summed E-state index contributed by atoms with van der Waals surface area (Å²) in [6.07, 6.45) is -9.50. The van der Waals surface area contributed by atoms with Crippen molar-refractivity contribution in [1.29, 1.82) is 0 Å². The van der Waals surface area contributed by atoms with Crippen molar-refractivity contribution in [3.63, 3.8) is 0 Å². The third-order valence-electron chi connectivity index (χ3n) is 5.38. The van der Waals surface area contributed by atoms with E-state index in [1.54, 1.807) is 19.0 Å². The summed E-state index contributed by atoms with van der Waals surface area (Å²) in [5, 5.41) is 6.19. The highest BCUT2D eigenvalue weighted by Crippen LogP contribution is 2.38. The summed E-state index contributed by atoms with van der Waals surface area (Å²) >= 11 is 0. The Hall–Kier alpha value is -1.85. The van der Waals surface area contributed by atoms with Gasteiger partial charge in [0, 0.05) is 18.1 Å². The van der Waals surface area contributed by atoms with Crippen LogP contribution in [0.1, 0.15) is 49.5 Å². The van der Waals surface area contributed by atoms with Gasteiger partial charge in [0.2, 0.25) is 5.91 Å². The number of hydrogen-bond donors (Lipinski definition) is 2. The van der Waals surface area contributed by atoms with Crippen molar-refractivity contribution < 1.29 is 35.9 Å². The average Bonchev–Trinajstić information content (AvgIpc) is 2.66. The number of carbonyl (C=O) groups is 1. The molecular formula is C21H29F6N3O2. The summed E-state index contributed by atoms with van der Waals surface area (Å²) < 4.78 is 84.2. The number of benzene rings is 1. The monoisotopic (exact) mass is 469 g/mol. The second kappa shape index (κ2) is 9.96. The van der Waals surface area contributed by atoms with Gasteiger partial charge in [0.1, 0.15) is 0 Å². The van der Waals surface area contributed by atoms with Gasteiger partial charge in [-0.1, -0.05) is 0 Å². The summed E-state index contributed by atoms with van der Waals surface area (Å²) in [6, 6.07) is 1.41. The van der Waals surface area contributed by atoms with E-state index in [9.17, 15) is 31.1 Å². The Morgan fingerprint density at radius 3 is 2.19 bits per heavy atom. The second-order valence-corrected chi connectivity index (χ2v) is 8.77. The zero-order valence-electron chi connectivity index (χ0n) is 18.5. The number of alkyl halides is 6. The lowest BCUT2D eigenvalue weighted by molar-refractivity contribution is -0.143. The molecule has 2 rings (SSSR count). The van der Waals surface area contributed by atoms with Gasteiger partial charge in [0.25, 0.3) is 0 Å². The first kappa shape index (κ1) is 26.4. The molecule has 0 bridgehead atoms. The zero-order valence-corrected chi connectivity index (χ0v) is 18.5. The van der Waals surface area contributed by atoms with Crippen LogP contribution in [0.15, 0.2) is 18.2 Å². The number of nitrogens with one attached hydrogen (secondary N) is 2. The van der Waals surface area contributed by atoms with Gasteiger partial charge >= 0.3 is 12.4 Å². The van der Waals surface area contributed by atoms with Gasteiger partial charge in [-0.05, 0) is 64.5 Å². The molecule has 1 aromatic rings. The van der Waals surface area contributed by atoms with Gasteiger partial charge in [-0.25, -0.2) is 0 Å². The van der Waals surface area contributed by atoms with Gasteiger partial charge in [0.15, 0.2) is 0 Å². The van der Waals surface area contributed by atoms with E-state index in [1.165, 1.54) is 6.92 Å². The third kappa shape index (κ3) is 7.63. The fourth-order valence-electron chi connectivity index (χ4n) is 3.48. The molecule has 3 atom stereocenters. The van der Waals surface area contributed by atoms with Crippen LogP contribution in [-0.2, 0) is 21.9 Å². The number of halogens is 6. The molecule has 1 heterocycles. The summed E-state index contributed by atoms with van der Waals surface area (Å²) in [6.45, 7) is 4.13. The lowest BCUT2D eigenvalue weighted by Gasteiger charge is -2.39. The Kier molecular flexibility index (Phi) is 8.22. The van der Waals surface area contributed by atoms with Crippen molar-refractivity contribution in [2.45, 2.75) is 56.7 Å². The van der Waals surface area contributed by atoms with Crippen molar-refractivity contribution in [2.24, 2.45) is 0 Å². The topological polar surface area (TPSA) is 53.6 Å². The van der Waals surface area contributed by atoms with Crippen LogP contribution in [0.25, 0.3) is 0 Å². The lowest BCUT2D eigenvalue weighted by Crippen LogP contribution is -2.58. The number of hydrogen-bond acceptors (Lipinski definition) is 4. The highest BCUT2D eigenvalue weighted by atomic mass is 19.4. The molecule has 0 saturated carbocycles. The number of ether oxygens (including phenoxy) is 1. The van der Waals surface area contributed by atoms with Crippen LogP contribution in [-0.4, -0.2) is 56.2 Å². The standard InChI is InChI=1S/C21H29F6N3O2/c1-13(14-7-15(20(22,23)24)9-16(8-14)21(25,26)27)32-12-19(2)6-5-17(10-28-19)29-18(31)11-30(3)4/h7-9,13,17,28H,5-6,10-12H2,1-4H3,(H,29,31)/t13-,17+,19-/m1/s1. The molecular weight excluding hydrogens is 440 g/mol. The van der Waals surface area contributed by atoms with Crippen LogP contribution in [0, 0.1) is 0 Å². The predicted octanol–water partition coefficient (Wildman–Crippen LogP) is 3.99. The molecule has 32 heavy (non-hydrogen) atoms. The second-order valence-electron chi connectivity index (χ2n) is 8.77. The summed E-state index contributed by atoms with van der Waals surface area (Å²) in [7, 11) is 3.58. The summed E-state index contributed by atoms with van der Waals surface area (Å²) in [5.41, 5.74) is -3.45. The van der Waals surface area contributed by atoms with Crippen molar-refractivity contribution in [2.75, 3.05) is 33.8 Å². The fraction of sp³-hybridized carbons (Fsp3) is 0.667. The molecule has 0 aliphatic carbocycles. The fourth-order valence-corrected chi connectivity index (χ4v) is 3.48. The Labute approximate surface area is 183 Å². The molecule has 1 aliphatic rings. The van der Waals surface area contributed by atoms with E-state index in [0.717, 1.165) is 0 Å². The maximum atomic E-state index is 13.1. The normalized spacial score (nSPS) is 23.3. The lowest BCUT2D eigenvalue weighted by atomic mass is 9.89. The molecule has 182 valence electrons. The van der Waals surface area contributed by atoms with Gasteiger partial charge in [-0.3, -0.25) is 4.79 Å². The molecule has 11 heteroatoms. The molecule has 0 radical (unpaired) electrons. The van der Waals surface area contributed by atoms with Crippen molar-refractivity contribution >= 4 is 5.91 Å². The highest BCUT2D eigenvalue weighted by molar-refractivity contribution is 5.78. The van der Waals surface area contributed by atoms with Crippen LogP contribution >= 0.6 is 0 Å². The summed E-state index contributed by atoms with van der Waals surface area (Å²) in [5.74, 6) is -0.0970. The van der Waals surface area contributed by atoms with E-state index in [1.807, 2.05) is 6.92 Å². The average molecular weight is 469 g/mol. The number of rotatable bonds is 7. The van der Waals surface area contributed by atoms with Crippen LogP contribution in [0.3, 0.4) is 0 Å². The minimum Gasteiger partial charge on any atom is -0.372 e. The van der Waals surface area contributed by atoms with Crippen molar-refractivity contribution in [1.82, 2.24) is 15.5 Å². The van der Waals surface area contributed by atoms with Crippen molar-refractivity contribution in [3.8, 4) is 0 Å². The minimum absolute atomic E-state index is 0.0641. The van der Waals surface area contributed by atoms with Crippen LogP contribution in [0.5, 0.6) is 0 Å². The van der Waals surface area contributed by atoms with E-state index >= 15 is 0 Å². The molecule has 0 unspecified atom stereocenters. The van der Waals surface area contributed by atoms with E-state index in [0.29, 0.717) is 31.5 Å². The van der Waals surface area contributed by atoms with Crippen LogP contribution in [0.4, 0.5) is 26.3 Å². The predicted molar refractivity (Wildman–Crippen MR) is 107 cm³/mol. The maximum Gasteiger partial charge on any atom is 0.416 e. The molecule has 1 saturated heterocycles. The largest absolute Gasteiger partial charge is 0.416 e. The zero-order chi connectivity index (χ0) is 24.3. The van der Waals surface area contributed by atoms with Crippen molar-refractivity contribution in [3.05, 3.63) is 34.9 Å². The Morgan fingerprint density at radius 1 is 1.19 bits per heavy atom. The van der Waals surface area contributed by atoms with Crippen LogP contribution in [0.2, 0.25) is 0 Å². The number of likely N-dealkylation sites (N-methyl/N-ethyl adjacent to an activating group) is 1. The van der Waals surface area contributed by atoms with E-state index in [2.05, 4.69) is 10.6 Å². The SMILES string of the molecule is C[C@@H](OC[C@@]1(C)CC[C@H](NC(=O)CN(C)C)CN1)c1cc(C(F)(F)F)cc(C(F)(F)F)c1. The van der Waals surface area contributed by atoms with E-state index in [4.69, 9.17) is 4.74 Å². The molecule has 1 aliphatic heterocycles. The van der Waals surface area contributed by atoms with Crippen LogP contribution < -0.4 is 10.6 Å². The number of carbonyl (C=O) groups excluding carboxylic acids is 1. The highest BCUT2D eigenvalue weighted by Gasteiger charge is 2.38. The molecule has 1 fully saturated rings. The number of piperidine rings is 1. The van der Waals surface area contributed by atoms with Gasteiger partial charge in [0.05, 0.1) is 30.4 Å². The molecule has 0 spiro atoms. The minimum atomic E-state index is -4.90. The Morgan fingerprint density at radius 2 is 1.75 bits per heavy atom. The number of amides is 1. The molecule has 1 aromatic carbocycles. The summed E-state index contributed by atoms with van der Waals surface area (Å²) in [4.78, 5) is 13.6. The van der Waals surface area contributed by atoms with Gasteiger partial charge in [-0.2, -0.15) is 26.3 Å².